The largest absolute Gasteiger partial charge is 0.493 e. The molecule has 2 heterocycles. The molecular formula is C15H16Br2N2OS. The summed E-state index contributed by atoms with van der Waals surface area (Å²) in [4.78, 5) is 1.24. The number of nitrogens with two attached hydrogens (primary N) is 1. The summed E-state index contributed by atoms with van der Waals surface area (Å²) in [6.45, 7) is 0.809. The van der Waals surface area contributed by atoms with E-state index in [4.69, 9.17) is 10.6 Å². The minimum atomic E-state index is 0.169. The van der Waals surface area contributed by atoms with Crippen LogP contribution in [0.5, 0.6) is 5.75 Å². The van der Waals surface area contributed by atoms with Crippen LogP contribution >= 0.6 is 43.2 Å². The highest BCUT2D eigenvalue weighted by Crippen LogP contribution is 2.36. The first kappa shape index (κ1) is 15.5. The SMILES string of the molecule is NNC(CCc1ccc2c(c1)CCO2)c1cc(Br)c(Br)s1. The minimum absolute atomic E-state index is 0.169. The van der Waals surface area contributed by atoms with Crippen LogP contribution in [0.15, 0.2) is 32.5 Å². The molecule has 21 heavy (non-hydrogen) atoms. The van der Waals surface area contributed by atoms with Gasteiger partial charge in [0.25, 0.3) is 0 Å². The molecule has 6 heteroatoms. The lowest BCUT2D eigenvalue weighted by Crippen LogP contribution is -2.27. The van der Waals surface area contributed by atoms with Crippen LogP contribution in [0.25, 0.3) is 0 Å². The molecule has 2 aromatic rings. The highest BCUT2D eigenvalue weighted by molar-refractivity contribution is 9.13. The van der Waals surface area contributed by atoms with Crippen LogP contribution in [0.3, 0.4) is 0 Å². The van der Waals surface area contributed by atoms with E-state index >= 15 is 0 Å². The molecule has 1 aromatic carbocycles. The third-order valence-corrected chi connectivity index (χ3v) is 7.05. The topological polar surface area (TPSA) is 47.3 Å². The van der Waals surface area contributed by atoms with Gasteiger partial charge < -0.3 is 4.74 Å². The summed E-state index contributed by atoms with van der Waals surface area (Å²) in [5.74, 6) is 6.76. The van der Waals surface area contributed by atoms with Crippen molar-refractivity contribution in [2.75, 3.05) is 6.61 Å². The van der Waals surface area contributed by atoms with Crippen molar-refractivity contribution < 1.29 is 4.74 Å². The van der Waals surface area contributed by atoms with Crippen molar-refractivity contribution in [2.24, 2.45) is 5.84 Å². The summed E-state index contributed by atoms with van der Waals surface area (Å²) >= 11 is 8.77. The van der Waals surface area contributed by atoms with Crippen LogP contribution in [0.2, 0.25) is 0 Å². The van der Waals surface area contributed by atoms with E-state index < -0.39 is 0 Å². The Morgan fingerprint density at radius 3 is 2.90 bits per heavy atom. The third-order valence-electron chi connectivity index (χ3n) is 3.68. The first-order valence-corrected chi connectivity index (χ1v) is 9.23. The van der Waals surface area contributed by atoms with Gasteiger partial charge in [0.15, 0.2) is 0 Å². The van der Waals surface area contributed by atoms with Crippen molar-refractivity contribution in [3.8, 4) is 5.75 Å². The van der Waals surface area contributed by atoms with E-state index in [1.807, 2.05) is 0 Å². The van der Waals surface area contributed by atoms with Crippen molar-refractivity contribution in [3.05, 3.63) is 48.5 Å². The lowest BCUT2D eigenvalue weighted by molar-refractivity contribution is 0.357. The Labute approximate surface area is 145 Å². The van der Waals surface area contributed by atoms with Gasteiger partial charge in [-0.25, -0.2) is 0 Å². The summed E-state index contributed by atoms with van der Waals surface area (Å²) in [5, 5.41) is 0. The number of rotatable bonds is 5. The quantitative estimate of drug-likeness (QED) is 0.546. The molecule has 1 unspecified atom stereocenters. The van der Waals surface area contributed by atoms with Crippen LogP contribution in [0.1, 0.15) is 28.5 Å². The van der Waals surface area contributed by atoms with Crippen molar-refractivity contribution in [1.29, 1.82) is 0 Å². The van der Waals surface area contributed by atoms with Gasteiger partial charge in [-0.15, -0.1) is 11.3 Å². The van der Waals surface area contributed by atoms with Crippen LogP contribution in [-0.2, 0) is 12.8 Å². The first-order valence-electron chi connectivity index (χ1n) is 6.83. The Morgan fingerprint density at radius 2 is 2.19 bits per heavy atom. The Morgan fingerprint density at radius 1 is 1.33 bits per heavy atom. The van der Waals surface area contributed by atoms with Gasteiger partial charge in [-0.05, 0) is 68.0 Å². The molecular weight excluding hydrogens is 416 g/mol. The van der Waals surface area contributed by atoms with Crippen molar-refractivity contribution in [1.82, 2.24) is 5.43 Å². The van der Waals surface area contributed by atoms with E-state index in [9.17, 15) is 0 Å². The van der Waals surface area contributed by atoms with E-state index in [-0.39, 0.29) is 6.04 Å². The van der Waals surface area contributed by atoms with Gasteiger partial charge in [0.05, 0.1) is 16.4 Å². The average molecular weight is 432 g/mol. The predicted molar refractivity (Wildman–Crippen MR) is 93.7 cm³/mol. The molecule has 1 aliphatic rings. The molecule has 3 rings (SSSR count). The van der Waals surface area contributed by atoms with Crippen LogP contribution in [0.4, 0.5) is 0 Å². The fraction of sp³-hybridized carbons (Fsp3) is 0.333. The zero-order chi connectivity index (χ0) is 14.8. The number of hydrogen-bond acceptors (Lipinski definition) is 4. The van der Waals surface area contributed by atoms with Crippen molar-refractivity contribution >= 4 is 43.2 Å². The molecule has 0 fully saturated rings. The van der Waals surface area contributed by atoms with Gasteiger partial charge in [-0.1, -0.05) is 12.1 Å². The van der Waals surface area contributed by atoms with Gasteiger partial charge in [-0.2, -0.15) is 0 Å². The van der Waals surface area contributed by atoms with Gasteiger partial charge in [0, 0.05) is 15.8 Å². The molecule has 1 aliphatic heterocycles. The lowest BCUT2D eigenvalue weighted by Gasteiger charge is -2.14. The summed E-state index contributed by atoms with van der Waals surface area (Å²) < 4.78 is 7.73. The highest BCUT2D eigenvalue weighted by atomic mass is 79.9. The molecule has 0 saturated carbocycles. The molecule has 0 amide bonds. The van der Waals surface area contributed by atoms with Gasteiger partial charge in [-0.3, -0.25) is 11.3 Å². The molecule has 0 spiro atoms. The van der Waals surface area contributed by atoms with E-state index in [1.165, 1.54) is 16.0 Å². The number of benzene rings is 1. The Kier molecular flexibility index (Phi) is 5.01. The second-order valence-electron chi connectivity index (χ2n) is 5.07. The van der Waals surface area contributed by atoms with E-state index in [0.717, 1.165) is 39.9 Å². The summed E-state index contributed by atoms with van der Waals surface area (Å²) in [5.41, 5.74) is 5.59. The summed E-state index contributed by atoms with van der Waals surface area (Å²) in [6, 6.07) is 8.78. The molecule has 0 bridgehead atoms. The number of fused-ring (bicyclic) bond motifs is 1. The minimum Gasteiger partial charge on any atom is -0.493 e. The summed E-state index contributed by atoms with van der Waals surface area (Å²) in [7, 11) is 0. The maximum Gasteiger partial charge on any atom is 0.122 e. The second-order valence-corrected chi connectivity index (χ2v) is 8.32. The third kappa shape index (κ3) is 3.51. The molecule has 3 N–H and O–H groups in total. The molecule has 1 atom stereocenters. The number of thiophene rings is 1. The Hall–Kier alpha value is -0.400. The number of hydrazine groups is 1. The molecule has 0 radical (unpaired) electrons. The van der Waals surface area contributed by atoms with Crippen molar-refractivity contribution in [3.63, 3.8) is 0 Å². The second kappa shape index (κ2) is 6.79. The monoisotopic (exact) mass is 430 g/mol. The van der Waals surface area contributed by atoms with E-state index in [0.29, 0.717) is 0 Å². The van der Waals surface area contributed by atoms with Crippen LogP contribution in [-0.4, -0.2) is 6.61 Å². The maximum atomic E-state index is 5.72. The fourth-order valence-corrected chi connectivity index (χ4v) is 4.73. The standard InChI is InChI=1S/C15H16Br2N2OS/c16-11-8-14(21-15(11)17)12(19-18)3-1-9-2-4-13-10(7-9)5-6-20-13/h2,4,7-8,12,19H,1,3,5-6,18H2. The Balaban J connectivity index is 1.67. The molecule has 0 saturated heterocycles. The maximum absolute atomic E-state index is 5.72. The van der Waals surface area contributed by atoms with Crippen LogP contribution in [0, 0.1) is 0 Å². The van der Waals surface area contributed by atoms with Gasteiger partial charge >= 0.3 is 0 Å². The molecule has 3 nitrogen and oxygen atoms in total. The Bertz CT molecular complexity index is 625. The van der Waals surface area contributed by atoms with Gasteiger partial charge in [0.1, 0.15) is 5.75 Å². The fourth-order valence-electron chi connectivity index (χ4n) is 2.55. The molecule has 1 aromatic heterocycles. The number of ether oxygens (including phenoxy) is 1. The number of aryl methyl sites for hydroxylation is 1. The molecule has 0 aliphatic carbocycles. The zero-order valence-corrected chi connectivity index (χ0v) is 15.4. The zero-order valence-electron chi connectivity index (χ0n) is 11.4. The summed E-state index contributed by atoms with van der Waals surface area (Å²) in [6.07, 6.45) is 2.98. The number of hydrogen-bond donors (Lipinski definition) is 2. The van der Waals surface area contributed by atoms with E-state index in [2.05, 4.69) is 61.6 Å². The van der Waals surface area contributed by atoms with Gasteiger partial charge in [0.2, 0.25) is 0 Å². The van der Waals surface area contributed by atoms with Crippen LogP contribution < -0.4 is 16.0 Å². The predicted octanol–water partition coefficient (Wildman–Crippen LogP) is 4.35. The highest BCUT2D eigenvalue weighted by Gasteiger charge is 2.16. The average Bonchev–Trinajstić information content (AvgIpc) is 3.06. The first-order chi connectivity index (χ1) is 10.2. The molecule has 112 valence electrons. The lowest BCUT2D eigenvalue weighted by atomic mass is 10.0. The van der Waals surface area contributed by atoms with Crippen molar-refractivity contribution in [2.45, 2.75) is 25.3 Å². The van der Waals surface area contributed by atoms with E-state index in [1.54, 1.807) is 11.3 Å². The smallest absolute Gasteiger partial charge is 0.122 e. The number of halogens is 2. The normalized spacial score (nSPS) is 14.8. The number of nitrogens with one attached hydrogen (secondary N) is 1.